The maximum absolute atomic E-state index is 12.3. The number of aromatic nitrogens is 2. The summed E-state index contributed by atoms with van der Waals surface area (Å²) in [6, 6.07) is 6.52. The summed E-state index contributed by atoms with van der Waals surface area (Å²) in [7, 11) is 4.50. The topological polar surface area (TPSA) is 147 Å². The van der Waals surface area contributed by atoms with Gasteiger partial charge in [-0.1, -0.05) is 17.2 Å². The van der Waals surface area contributed by atoms with Crippen LogP contribution in [0.4, 0.5) is 0 Å². The molecular formula is C21H23N5O7. The molecule has 0 N–H and O–H groups in total. The number of hydrogen-bond acceptors (Lipinski definition) is 10. The number of hydrogen-bond donors (Lipinski definition) is 0. The van der Waals surface area contributed by atoms with Gasteiger partial charge in [0.2, 0.25) is 5.88 Å². The van der Waals surface area contributed by atoms with Gasteiger partial charge in [-0.3, -0.25) is 4.79 Å². The first-order valence-corrected chi connectivity index (χ1v) is 10.1. The van der Waals surface area contributed by atoms with E-state index in [1.54, 1.807) is 7.11 Å². The van der Waals surface area contributed by atoms with Crippen LogP contribution < -0.4 is 14.2 Å². The van der Waals surface area contributed by atoms with Crippen molar-refractivity contribution in [2.45, 2.75) is 37.1 Å². The number of ketones is 1. The molecule has 0 aliphatic carbocycles. The Morgan fingerprint density at radius 2 is 1.94 bits per heavy atom. The molecule has 12 heteroatoms. The highest BCUT2D eigenvalue weighted by Gasteiger charge is 2.54. The van der Waals surface area contributed by atoms with Crippen molar-refractivity contribution >= 4 is 5.78 Å². The summed E-state index contributed by atoms with van der Waals surface area (Å²) >= 11 is 0. The molecule has 2 fully saturated rings. The minimum Gasteiger partial charge on any atom is -0.497 e. The second-order valence-corrected chi connectivity index (χ2v) is 7.36. The van der Waals surface area contributed by atoms with Crippen LogP contribution in [0.25, 0.3) is 10.4 Å². The van der Waals surface area contributed by atoms with Gasteiger partial charge < -0.3 is 28.4 Å². The smallest absolute Gasteiger partial charge is 0.319 e. The monoisotopic (exact) mass is 457 g/mol. The van der Waals surface area contributed by atoms with Crippen LogP contribution in [0.3, 0.4) is 0 Å². The van der Waals surface area contributed by atoms with Crippen molar-refractivity contribution in [3.8, 4) is 17.6 Å². The third kappa shape index (κ3) is 4.55. The molecule has 4 rings (SSSR count). The lowest BCUT2D eigenvalue weighted by Gasteiger charge is -2.30. The Bertz CT molecular complexity index is 1040. The molecule has 1 unspecified atom stereocenters. The van der Waals surface area contributed by atoms with E-state index in [1.807, 2.05) is 24.3 Å². The van der Waals surface area contributed by atoms with Gasteiger partial charge in [0.1, 0.15) is 42.8 Å². The van der Waals surface area contributed by atoms with Crippen LogP contribution >= 0.6 is 0 Å². The molecule has 5 atom stereocenters. The van der Waals surface area contributed by atoms with E-state index in [-0.39, 0.29) is 30.9 Å². The van der Waals surface area contributed by atoms with Crippen molar-refractivity contribution in [1.82, 2.24) is 9.97 Å². The van der Waals surface area contributed by atoms with Gasteiger partial charge in [0.05, 0.1) is 33.5 Å². The average Bonchev–Trinajstić information content (AvgIpc) is 3.22. The van der Waals surface area contributed by atoms with E-state index in [2.05, 4.69) is 20.0 Å². The first-order valence-electron chi connectivity index (χ1n) is 10.1. The molecule has 2 aliphatic rings. The minimum atomic E-state index is -1.03. The van der Waals surface area contributed by atoms with E-state index in [0.717, 1.165) is 11.3 Å². The van der Waals surface area contributed by atoms with Gasteiger partial charge >= 0.3 is 6.01 Å². The number of benzene rings is 1. The Labute approximate surface area is 189 Å². The number of fused-ring (bicyclic) bond motifs is 1. The van der Waals surface area contributed by atoms with Gasteiger partial charge in [-0.05, 0) is 23.2 Å². The van der Waals surface area contributed by atoms with Crippen molar-refractivity contribution in [2.75, 3.05) is 27.9 Å². The molecule has 1 aromatic carbocycles. The zero-order valence-electron chi connectivity index (χ0n) is 18.3. The molecule has 2 aromatic rings. The number of ether oxygens (including phenoxy) is 6. The molecule has 0 amide bonds. The standard InChI is InChI=1S/C21H23N5O7/c1-28-12-6-4-11(5-7-12)9-31-18-16(13-8-23-21(30-3)24-20(13)29-2)33-17-15(25-26-22)14(27)10-32-19(17)18/h4-8,15-19H,9-10H2,1-3H3/t15-,16+,17-,18?,19-/m1/s1. The predicted octanol–water partition coefficient (Wildman–Crippen LogP) is 2.17. The predicted molar refractivity (Wildman–Crippen MR) is 112 cm³/mol. The summed E-state index contributed by atoms with van der Waals surface area (Å²) in [5.74, 6) is 0.601. The van der Waals surface area contributed by atoms with Crippen molar-refractivity contribution in [1.29, 1.82) is 0 Å². The van der Waals surface area contributed by atoms with Crippen molar-refractivity contribution in [3.05, 3.63) is 52.0 Å². The van der Waals surface area contributed by atoms with E-state index in [0.29, 0.717) is 5.56 Å². The Morgan fingerprint density at radius 3 is 2.61 bits per heavy atom. The number of rotatable bonds is 8. The van der Waals surface area contributed by atoms with Crippen LogP contribution in [0.2, 0.25) is 0 Å². The third-order valence-electron chi connectivity index (χ3n) is 5.53. The number of methoxy groups -OCH3 is 3. The van der Waals surface area contributed by atoms with Gasteiger partial charge in [0.15, 0.2) is 5.78 Å². The van der Waals surface area contributed by atoms with E-state index >= 15 is 0 Å². The van der Waals surface area contributed by atoms with E-state index in [4.69, 9.17) is 34.0 Å². The molecule has 33 heavy (non-hydrogen) atoms. The Hall–Kier alpha value is -3.44. The maximum Gasteiger partial charge on any atom is 0.319 e. The van der Waals surface area contributed by atoms with Gasteiger partial charge in [0, 0.05) is 11.1 Å². The van der Waals surface area contributed by atoms with E-state index < -0.39 is 30.5 Å². The quantitative estimate of drug-likeness (QED) is 0.330. The molecule has 2 aliphatic heterocycles. The van der Waals surface area contributed by atoms with Crippen LogP contribution in [0.1, 0.15) is 17.2 Å². The molecule has 12 nitrogen and oxygen atoms in total. The van der Waals surface area contributed by atoms with Crippen LogP contribution in [0.15, 0.2) is 35.6 Å². The van der Waals surface area contributed by atoms with Gasteiger partial charge in [-0.25, -0.2) is 4.98 Å². The summed E-state index contributed by atoms with van der Waals surface area (Å²) in [4.78, 5) is 23.5. The Balaban J connectivity index is 1.66. The van der Waals surface area contributed by atoms with Crippen LogP contribution in [-0.4, -0.2) is 68.0 Å². The lowest BCUT2D eigenvalue weighted by molar-refractivity contribution is -0.146. The van der Waals surface area contributed by atoms with Crippen molar-refractivity contribution in [2.24, 2.45) is 5.11 Å². The van der Waals surface area contributed by atoms with Gasteiger partial charge in [-0.15, -0.1) is 0 Å². The lowest BCUT2D eigenvalue weighted by atomic mass is 9.95. The number of carbonyl (C=O) groups is 1. The van der Waals surface area contributed by atoms with Crippen molar-refractivity contribution in [3.63, 3.8) is 0 Å². The first kappa shape index (κ1) is 22.7. The molecule has 1 aromatic heterocycles. The van der Waals surface area contributed by atoms with E-state index in [9.17, 15) is 4.79 Å². The fourth-order valence-corrected chi connectivity index (χ4v) is 3.92. The molecule has 2 saturated heterocycles. The number of azide groups is 1. The fourth-order valence-electron chi connectivity index (χ4n) is 3.92. The molecule has 0 bridgehead atoms. The third-order valence-corrected chi connectivity index (χ3v) is 5.53. The molecule has 3 heterocycles. The normalized spacial score (nSPS) is 26.3. The first-order chi connectivity index (χ1) is 16.1. The highest BCUT2D eigenvalue weighted by atomic mass is 16.6. The van der Waals surface area contributed by atoms with Gasteiger partial charge in [-0.2, -0.15) is 4.98 Å². The summed E-state index contributed by atoms with van der Waals surface area (Å²) in [6.45, 7) is 0.0279. The average molecular weight is 457 g/mol. The van der Waals surface area contributed by atoms with Crippen LogP contribution in [0.5, 0.6) is 17.6 Å². The van der Waals surface area contributed by atoms with Crippen LogP contribution in [-0.2, 0) is 25.6 Å². The molecule has 0 radical (unpaired) electrons. The highest BCUT2D eigenvalue weighted by Crippen LogP contribution is 2.43. The molecule has 174 valence electrons. The summed E-state index contributed by atoms with van der Waals surface area (Å²) < 4.78 is 33.9. The number of Topliss-reactive ketones (excluding diaryl/α,β-unsaturated/α-hetero) is 1. The largest absolute Gasteiger partial charge is 0.497 e. The summed E-state index contributed by atoms with van der Waals surface area (Å²) in [5, 5.41) is 3.65. The zero-order valence-corrected chi connectivity index (χ0v) is 18.3. The second-order valence-electron chi connectivity index (χ2n) is 7.36. The second kappa shape index (κ2) is 10.0. The molecule has 0 spiro atoms. The Morgan fingerprint density at radius 1 is 1.15 bits per heavy atom. The van der Waals surface area contributed by atoms with Gasteiger partial charge in [0.25, 0.3) is 0 Å². The Kier molecular flexibility index (Phi) is 6.90. The number of carbonyl (C=O) groups excluding carboxylic acids is 1. The van der Waals surface area contributed by atoms with E-state index in [1.165, 1.54) is 20.4 Å². The summed E-state index contributed by atoms with van der Waals surface area (Å²) in [6.07, 6.45) is -1.39. The SMILES string of the molecule is COc1ccc(COC2[C@H](c3cnc(OC)nc3OC)O[C@@H]3[C@H](N=[N+]=[N-])C(=O)CO[C@@H]23)cc1. The number of nitrogens with zero attached hydrogens (tertiary/aromatic N) is 5. The van der Waals surface area contributed by atoms with Crippen molar-refractivity contribution < 1.29 is 33.2 Å². The maximum atomic E-state index is 12.3. The highest BCUT2D eigenvalue weighted by molar-refractivity contribution is 5.87. The lowest BCUT2D eigenvalue weighted by Crippen LogP contribution is -2.50. The fraction of sp³-hybridized carbons (Fsp3) is 0.476. The summed E-state index contributed by atoms with van der Waals surface area (Å²) in [5.41, 5.74) is 10.3. The zero-order chi connectivity index (χ0) is 23.4. The van der Waals surface area contributed by atoms with Crippen LogP contribution in [0, 0.1) is 0 Å². The molecule has 0 saturated carbocycles. The molecular weight excluding hydrogens is 434 g/mol. The minimum absolute atomic E-state index is 0.125.